The second-order valence-electron chi connectivity index (χ2n) is 9.78. The molecule has 186 valence electrons. The Hall–Kier alpha value is -2.34. The maximum absolute atomic E-state index is 14.4. The molecule has 3 heterocycles. The molecule has 0 saturated carbocycles. The smallest absolute Gasteiger partial charge is 0.263 e. The molecule has 1 aromatic carbocycles. The Labute approximate surface area is 202 Å². The predicted octanol–water partition coefficient (Wildman–Crippen LogP) is 3.17. The molecule has 0 aliphatic carbocycles. The van der Waals surface area contributed by atoms with Crippen molar-refractivity contribution in [2.75, 3.05) is 30.8 Å². The normalized spacial score (nSPS) is 20.3. The molecule has 1 atom stereocenters. The van der Waals surface area contributed by atoms with Crippen molar-refractivity contribution in [1.82, 2.24) is 14.3 Å². The van der Waals surface area contributed by atoms with Gasteiger partial charge in [-0.25, -0.2) is 22.2 Å². The molecule has 0 bridgehead atoms. The van der Waals surface area contributed by atoms with E-state index in [-0.39, 0.29) is 17.4 Å². The lowest BCUT2D eigenvalue weighted by molar-refractivity contribution is -0.135. The molecule has 2 saturated heterocycles. The third-order valence-electron chi connectivity index (χ3n) is 6.11. The Bertz CT molecular complexity index is 1160. The zero-order valence-corrected chi connectivity index (χ0v) is 21.2. The molecule has 2 fully saturated rings. The lowest BCUT2D eigenvalue weighted by Crippen LogP contribution is -2.47. The SMILES string of the molecule is CC(C)(C)c1nsc(N2CCC(N3CCC(Oc4c(F)cc(S(C)(=O)=O)cc4F)C3=O)CC2)n1. The van der Waals surface area contributed by atoms with E-state index in [4.69, 9.17) is 4.74 Å². The Morgan fingerprint density at radius 3 is 2.24 bits per heavy atom. The molecule has 2 aromatic rings. The van der Waals surface area contributed by atoms with Gasteiger partial charge in [0.05, 0.1) is 4.90 Å². The number of sulfone groups is 1. The van der Waals surface area contributed by atoms with Crippen LogP contribution in [0.3, 0.4) is 0 Å². The highest BCUT2D eigenvalue weighted by Gasteiger charge is 2.39. The van der Waals surface area contributed by atoms with Crippen molar-refractivity contribution >= 4 is 32.4 Å². The summed E-state index contributed by atoms with van der Waals surface area (Å²) in [6, 6.07) is 1.42. The average molecular weight is 515 g/mol. The van der Waals surface area contributed by atoms with Gasteiger partial charge < -0.3 is 14.5 Å². The lowest BCUT2D eigenvalue weighted by atomic mass is 9.96. The van der Waals surface area contributed by atoms with Crippen LogP contribution in [0.5, 0.6) is 5.75 Å². The van der Waals surface area contributed by atoms with Gasteiger partial charge in [0.15, 0.2) is 33.3 Å². The second-order valence-corrected chi connectivity index (χ2v) is 12.5. The number of anilines is 1. The monoisotopic (exact) mass is 514 g/mol. The molecular weight excluding hydrogens is 486 g/mol. The minimum absolute atomic E-state index is 0.00895. The number of amides is 1. The minimum Gasteiger partial charge on any atom is -0.474 e. The van der Waals surface area contributed by atoms with Crippen LogP contribution in [0.4, 0.5) is 13.9 Å². The zero-order chi connectivity index (χ0) is 24.8. The number of benzene rings is 1. The van der Waals surface area contributed by atoms with E-state index < -0.39 is 38.2 Å². The molecule has 12 heteroatoms. The van der Waals surface area contributed by atoms with E-state index in [0.29, 0.717) is 25.1 Å². The van der Waals surface area contributed by atoms with E-state index in [1.807, 2.05) is 0 Å². The molecule has 2 aliphatic rings. The van der Waals surface area contributed by atoms with Gasteiger partial charge in [-0.1, -0.05) is 20.8 Å². The van der Waals surface area contributed by atoms with E-state index >= 15 is 0 Å². The number of hydrogen-bond acceptors (Lipinski definition) is 8. The molecule has 8 nitrogen and oxygen atoms in total. The maximum Gasteiger partial charge on any atom is 0.263 e. The largest absolute Gasteiger partial charge is 0.474 e. The predicted molar refractivity (Wildman–Crippen MR) is 124 cm³/mol. The first-order chi connectivity index (χ1) is 15.8. The number of carbonyl (C=O) groups excluding carboxylic acids is 1. The summed E-state index contributed by atoms with van der Waals surface area (Å²) >= 11 is 1.38. The number of likely N-dealkylation sites (tertiary alicyclic amines) is 1. The molecule has 0 radical (unpaired) electrons. The van der Waals surface area contributed by atoms with E-state index in [1.165, 1.54) is 11.5 Å². The fourth-order valence-electron chi connectivity index (χ4n) is 4.17. The van der Waals surface area contributed by atoms with Gasteiger partial charge in [-0.2, -0.15) is 4.37 Å². The van der Waals surface area contributed by atoms with Crippen molar-refractivity contribution in [1.29, 1.82) is 0 Å². The third-order valence-corrected chi connectivity index (χ3v) is 7.98. The first-order valence-electron chi connectivity index (χ1n) is 11.1. The molecule has 34 heavy (non-hydrogen) atoms. The summed E-state index contributed by atoms with van der Waals surface area (Å²) in [6.45, 7) is 8.11. The number of hydrogen-bond donors (Lipinski definition) is 0. The first-order valence-corrected chi connectivity index (χ1v) is 13.8. The molecule has 1 amide bonds. The molecule has 4 rings (SSSR count). The molecule has 0 spiro atoms. The van der Waals surface area contributed by atoms with Gasteiger partial charge in [0.2, 0.25) is 5.13 Å². The van der Waals surface area contributed by atoms with Gasteiger partial charge in [-0.3, -0.25) is 4.79 Å². The van der Waals surface area contributed by atoms with Gasteiger partial charge in [-0.05, 0) is 25.0 Å². The molecule has 2 aliphatic heterocycles. The minimum atomic E-state index is -3.78. The Morgan fingerprint density at radius 2 is 1.71 bits per heavy atom. The van der Waals surface area contributed by atoms with Crippen LogP contribution in [0.25, 0.3) is 0 Å². The second kappa shape index (κ2) is 9.03. The summed E-state index contributed by atoms with van der Waals surface area (Å²) in [5.41, 5.74) is -0.117. The lowest BCUT2D eigenvalue weighted by Gasteiger charge is -2.36. The number of carbonyl (C=O) groups is 1. The highest BCUT2D eigenvalue weighted by molar-refractivity contribution is 7.90. The number of piperidine rings is 1. The van der Waals surface area contributed by atoms with Crippen molar-refractivity contribution < 1.29 is 26.7 Å². The van der Waals surface area contributed by atoms with Crippen LogP contribution in [-0.2, 0) is 20.0 Å². The van der Waals surface area contributed by atoms with Gasteiger partial charge >= 0.3 is 0 Å². The summed E-state index contributed by atoms with van der Waals surface area (Å²) in [5, 5.41) is 0.876. The van der Waals surface area contributed by atoms with Crippen LogP contribution in [0, 0.1) is 11.6 Å². The van der Waals surface area contributed by atoms with Crippen LogP contribution in [0.15, 0.2) is 17.0 Å². The highest BCUT2D eigenvalue weighted by atomic mass is 32.2. The van der Waals surface area contributed by atoms with E-state index in [0.717, 1.165) is 43.1 Å². The first kappa shape index (κ1) is 24.8. The van der Waals surface area contributed by atoms with Gasteiger partial charge in [0, 0.05) is 55.3 Å². The van der Waals surface area contributed by atoms with Crippen LogP contribution >= 0.6 is 11.5 Å². The van der Waals surface area contributed by atoms with Crippen molar-refractivity contribution in [2.24, 2.45) is 0 Å². The number of aromatic nitrogens is 2. The average Bonchev–Trinajstić information content (AvgIpc) is 3.37. The highest BCUT2D eigenvalue weighted by Crippen LogP contribution is 2.32. The number of nitrogens with zero attached hydrogens (tertiary/aromatic N) is 4. The Morgan fingerprint density at radius 1 is 1.09 bits per heavy atom. The topological polar surface area (TPSA) is 92.7 Å². The molecule has 1 unspecified atom stereocenters. The summed E-state index contributed by atoms with van der Waals surface area (Å²) in [5.74, 6) is -2.52. The van der Waals surface area contributed by atoms with Gasteiger partial charge in [-0.15, -0.1) is 0 Å². The fraction of sp³-hybridized carbons (Fsp3) is 0.591. The summed E-state index contributed by atoms with van der Waals surface area (Å²) in [4.78, 5) is 21.0. The maximum atomic E-state index is 14.4. The third kappa shape index (κ3) is 5.02. The Kier molecular flexibility index (Phi) is 6.58. The molecule has 1 aromatic heterocycles. The molecule has 0 N–H and O–H groups in total. The standard InChI is InChI=1S/C22H28F2N4O4S2/c1-22(2,3)20-25-21(33-26-20)27-8-5-13(6-9-27)28-10-7-17(19(28)29)32-18-15(23)11-14(12-16(18)24)34(4,30)31/h11-13,17H,5-10H2,1-4H3. The van der Waals surface area contributed by atoms with Crippen LogP contribution in [0.2, 0.25) is 0 Å². The van der Waals surface area contributed by atoms with E-state index in [9.17, 15) is 22.0 Å². The summed E-state index contributed by atoms with van der Waals surface area (Å²) < 4.78 is 61.8. The van der Waals surface area contributed by atoms with Crippen LogP contribution in [0.1, 0.15) is 45.9 Å². The van der Waals surface area contributed by atoms with Gasteiger partial charge in [0.1, 0.15) is 5.82 Å². The van der Waals surface area contributed by atoms with Crippen LogP contribution in [-0.4, -0.2) is 66.6 Å². The van der Waals surface area contributed by atoms with Crippen molar-refractivity contribution in [3.05, 3.63) is 29.6 Å². The van der Waals surface area contributed by atoms with E-state index in [1.54, 1.807) is 4.90 Å². The molecular formula is C22H28F2N4O4S2. The summed E-state index contributed by atoms with van der Waals surface area (Å²) in [7, 11) is -3.78. The number of rotatable bonds is 5. The number of halogens is 2. The van der Waals surface area contributed by atoms with Crippen LogP contribution < -0.4 is 9.64 Å². The van der Waals surface area contributed by atoms with Crippen molar-refractivity contribution in [3.8, 4) is 5.75 Å². The van der Waals surface area contributed by atoms with E-state index in [2.05, 4.69) is 35.0 Å². The van der Waals surface area contributed by atoms with Crippen molar-refractivity contribution in [2.45, 2.75) is 62.5 Å². The fourth-order valence-corrected chi connectivity index (χ4v) is 5.71. The summed E-state index contributed by atoms with van der Waals surface area (Å²) in [6.07, 6.45) is 1.64. The van der Waals surface area contributed by atoms with Gasteiger partial charge in [0.25, 0.3) is 5.91 Å². The number of ether oxygens (including phenoxy) is 1. The Balaban J connectivity index is 1.38. The zero-order valence-electron chi connectivity index (χ0n) is 19.5. The quantitative estimate of drug-likeness (QED) is 0.605. The van der Waals surface area contributed by atoms with Crippen molar-refractivity contribution in [3.63, 3.8) is 0 Å².